The van der Waals surface area contributed by atoms with Crippen LogP contribution in [0.4, 0.5) is 5.95 Å². The van der Waals surface area contributed by atoms with Crippen LogP contribution in [0.15, 0.2) is 37.2 Å². The van der Waals surface area contributed by atoms with Gasteiger partial charge in [0.05, 0.1) is 49.3 Å². The zero-order valence-electron chi connectivity index (χ0n) is 20.4. The first-order valence-corrected chi connectivity index (χ1v) is 12.5. The van der Waals surface area contributed by atoms with Gasteiger partial charge in [0.15, 0.2) is 5.78 Å². The maximum atomic E-state index is 11.9. The van der Waals surface area contributed by atoms with Crippen LogP contribution in [0.5, 0.6) is 11.5 Å². The van der Waals surface area contributed by atoms with Crippen LogP contribution < -0.4 is 14.8 Å². The number of aromatic nitrogens is 3. The van der Waals surface area contributed by atoms with E-state index in [4.69, 9.17) is 30.8 Å². The number of rotatable bonds is 9. The standard InChI is InChI=1S/C27H29ClN4O4/c1-4-18(33)9-16-7-8-36-14-21(16)32-27-30-12-17-10-19(29-13-20(17)31-27)25-24(15-5-6-15)22(34-2)11-23(35-3)26(25)28/h4,10-13,15-16,21H,1,5-9,14H2,2-3H3,(H,30,31,32)/t16-,21-/m1/s1. The molecular formula is C27H29ClN4O4. The fourth-order valence-electron chi connectivity index (χ4n) is 4.80. The number of hydrogen-bond acceptors (Lipinski definition) is 8. The number of nitrogens with zero attached hydrogens (tertiary/aromatic N) is 3. The predicted molar refractivity (Wildman–Crippen MR) is 139 cm³/mol. The highest BCUT2D eigenvalue weighted by Crippen LogP contribution is 2.53. The fourth-order valence-corrected chi connectivity index (χ4v) is 5.13. The molecule has 0 unspecified atom stereocenters. The zero-order valence-corrected chi connectivity index (χ0v) is 21.2. The molecule has 1 aliphatic carbocycles. The summed E-state index contributed by atoms with van der Waals surface area (Å²) in [5.41, 5.74) is 3.31. The summed E-state index contributed by atoms with van der Waals surface area (Å²) >= 11 is 6.79. The molecule has 3 aromatic rings. The van der Waals surface area contributed by atoms with Crippen LogP contribution in [0.1, 0.15) is 37.2 Å². The van der Waals surface area contributed by atoms with Crippen LogP contribution in [-0.2, 0) is 9.53 Å². The molecule has 2 fully saturated rings. The van der Waals surface area contributed by atoms with Gasteiger partial charge in [0.25, 0.3) is 0 Å². The van der Waals surface area contributed by atoms with Gasteiger partial charge in [0.2, 0.25) is 5.95 Å². The summed E-state index contributed by atoms with van der Waals surface area (Å²) < 4.78 is 16.8. The van der Waals surface area contributed by atoms with Gasteiger partial charge in [-0.2, -0.15) is 0 Å². The summed E-state index contributed by atoms with van der Waals surface area (Å²) in [6.07, 6.45) is 8.27. The third kappa shape index (κ3) is 4.88. The molecule has 8 nitrogen and oxygen atoms in total. The molecule has 36 heavy (non-hydrogen) atoms. The Morgan fingerprint density at radius 2 is 2.00 bits per heavy atom. The van der Waals surface area contributed by atoms with Crippen molar-refractivity contribution in [3.8, 4) is 22.8 Å². The predicted octanol–water partition coefficient (Wildman–Crippen LogP) is 5.20. The van der Waals surface area contributed by atoms with Gasteiger partial charge in [-0.05, 0) is 43.2 Å². The zero-order chi connectivity index (χ0) is 25.2. The number of benzene rings is 1. The van der Waals surface area contributed by atoms with Crippen molar-refractivity contribution in [1.29, 1.82) is 0 Å². The lowest BCUT2D eigenvalue weighted by molar-refractivity contribution is -0.116. The highest BCUT2D eigenvalue weighted by molar-refractivity contribution is 6.35. The number of ketones is 1. The van der Waals surface area contributed by atoms with Crippen molar-refractivity contribution >= 4 is 34.2 Å². The number of allylic oxidation sites excluding steroid dienone is 1. The lowest BCUT2D eigenvalue weighted by Gasteiger charge is -2.31. The van der Waals surface area contributed by atoms with E-state index < -0.39 is 0 Å². The van der Waals surface area contributed by atoms with E-state index >= 15 is 0 Å². The Kier molecular flexibility index (Phi) is 7.07. The van der Waals surface area contributed by atoms with Crippen molar-refractivity contribution in [3.05, 3.63) is 47.8 Å². The molecule has 0 spiro atoms. The highest BCUT2D eigenvalue weighted by Gasteiger charge is 2.33. The molecule has 1 aromatic carbocycles. The summed E-state index contributed by atoms with van der Waals surface area (Å²) in [6.45, 7) is 4.72. The van der Waals surface area contributed by atoms with E-state index in [1.54, 1.807) is 26.6 Å². The second-order valence-electron chi connectivity index (χ2n) is 9.23. The molecule has 9 heteroatoms. The molecule has 3 heterocycles. The maximum Gasteiger partial charge on any atom is 0.223 e. The fraction of sp³-hybridized carbons (Fsp3) is 0.407. The first-order chi connectivity index (χ1) is 17.5. The van der Waals surface area contributed by atoms with E-state index in [0.717, 1.165) is 47.2 Å². The second-order valence-corrected chi connectivity index (χ2v) is 9.61. The molecule has 0 bridgehead atoms. The van der Waals surface area contributed by atoms with Crippen molar-refractivity contribution in [2.75, 3.05) is 32.8 Å². The van der Waals surface area contributed by atoms with Gasteiger partial charge in [-0.3, -0.25) is 9.78 Å². The Morgan fingerprint density at radius 1 is 1.19 bits per heavy atom. The van der Waals surface area contributed by atoms with Crippen LogP contribution in [0.2, 0.25) is 5.02 Å². The lowest BCUT2D eigenvalue weighted by atomic mass is 9.90. The van der Waals surface area contributed by atoms with Crippen LogP contribution in [0, 0.1) is 5.92 Å². The van der Waals surface area contributed by atoms with Crippen LogP contribution in [0.25, 0.3) is 22.2 Å². The van der Waals surface area contributed by atoms with E-state index in [-0.39, 0.29) is 17.7 Å². The van der Waals surface area contributed by atoms with Crippen molar-refractivity contribution in [2.24, 2.45) is 5.92 Å². The van der Waals surface area contributed by atoms with E-state index in [2.05, 4.69) is 21.9 Å². The molecule has 0 radical (unpaired) electrons. The van der Waals surface area contributed by atoms with Crippen molar-refractivity contribution in [2.45, 2.75) is 37.6 Å². The third-order valence-electron chi connectivity index (χ3n) is 6.89. The normalized spacial score (nSPS) is 19.6. The molecule has 1 saturated heterocycles. The molecule has 0 amide bonds. The van der Waals surface area contributed by atoms with Crippen LogP contribution in [0.3, 0.4) is 0 Å². The molecule has 2 aliphatic rings. The summed E-state index contributed by atoms with van der Waals surface area (Å²) in [5.74, 6) is 2.33. The molecule has 188 valence electrons. The van der Waals surface area contributed by atoms with E-state index in [1.165, 1.54) is 6.08 Å². The quantitative estimate of drug-likeness (QED) is 0.394. The van der Waals surface area contributed by atoms with Gasteiger partial charge >= 0.3 is 0 Å². The van der Waals surface area contributed by atoms with Gasteiger partial charge in [0.1, 0.15) is 11.5 Å². The summed E-state index contributed by atoms with van der Waals surface area (Å²) in [4.78, 5) is 25.8. The Morgan fingerprint density at radius 3 is 2.72 bits per heavy atom. The number of carbonyl (C=O) groups excluding carboxylic acids is 1. The van der Waals surface area contributed by atoms with Crippen LogP contribution >= 0.6 is 11.6 Å². The monoisotopic (exact) mass is 508 g/mol. The minimum Gasteiger partial charge on any atom is -0.496 e. The SMILES string of the molecule is C=CC(=O)C[C@H]1CCOC[C@H]1Nc1ncc2cc(-c3c(Cl)c(OC)cc(OC)c3C3CC3)ncc2n1. The summed E-state index contributed by atoms with van der Waals surface area (Å²) in [7, 11) is 3.25. The number of methoxy groups -OCH3 is 2. The summed E-state index contributed by atoms with van der Waals surface area (Å²) in [5, 5.41) is 4.71. The average molecular weight is 509 g/mol. The number of fused-ring (bicyclic) bond motifs is 1. The highest BCUT2D eigenvalue weighted by atomic mass is 35.5. The van der Waals surface area contributed by atoms with Gasteiger partial charge in [-0.25, -0.2) is 9.97 Å². The number of anilines is 1. The first-order valence-electron chi connectivity index (χ1n) is 12.1. The number of pyridine rings is 1. The Hall–Kier alpha value is -3.23. The van der Waals surface area contributed by atoms with Crippen molar-refractivity contribution < 1.29 is 19.0 Å². The van der Waals surface area contributed by atoms with Crippen molar-refractivity contribution in [3.63, 3.8) is 0 Å². The Bertz CT molecular complexity index is 1310. The minimum atomic E-state index is -0.0588. The van der Waals surface area contributed by atoms with Gasteiger partial charge in [-0.1, -0.05) is 18.2 Å². The molecule has 1 N–H and O–H groups in total. The van der Waals surface area contributed by atoms with E-state index in [9.17, 15) is 4.79 Å². The maximum absolute atomic E-state index is 11.9. The lowest BCUT2D eigenvalue weighted by Crippen LogP contribution is -2.40. The van der Waals surface area contributed by atoms with Crippen LogP contribution in [-0.4, -0.2) is 54.2 Å². The summed E-state index contributed by atoms with van der Waals surface area (Å²) in [6, 6.07) is 3.73. The van der Waals surface area contributed by atoms with E-state index in [1.807, 2.05) is 12.1 Å². The molecule has 2 atom stereocenters. The smallest absolute Gasteiger partial charge is 0.223 e. The largest absolute Gasteiger partial charge is 0.496 e. The van der Waals surface area contributed by atoms with Crippen molar-refractivity contribution in [1.82, 2.24) is 15.0 Å². The van der Waals surface area contributed by atoms with Gasteiger partial charge in [-0.15, -0.1) is 0 Å². The third-order valence-corrected chi connectivity index (χ3v) is 7.26. The average Bonchev–Trinajstić information content (AvgIpc) is 3.74. The van der Waals surface area contributed by atoms with Gasteiger partial charge in [0, 0.05) is 41.8 Å². The number of carbonyl (C=O) groups is 1. The topological polar surface area (TPSA) is 95.5 Å². The number of hydrogen-bond donors (Lipinski definition) is 1. The molecule has 2 aromatic heterocycles. The number of ether oxygens (including phenoxy) is 3. The second kappa shape index (κ2) is 10.4. The molecule has 5 rings (SSSR count). The number of halogens is 1. The molecular weight excluding hydrogens is 480 g/mol. The minimum absolute atomic E-state index is 0.0308. The number of nitrogens with one attached hydrogen (secondary N) is 1. The molecule has 1 aliphatic heterocycles. The molecule has 1 saturated carbocycles. The first kappa shape index (κ1) is 24.5. The van der Waals surface area contributed by atoms with Gasteiger partial charge < -0.3 is 19.5 Å². The van der Waals surface area contributed by atoms with E-state index in [0.29, 0.717) is 47.8 Å². The Balaban J connectivity index is 1.46. The Labute approximate surface area is 215 Å².